The fraction of sp³-hybridized carbons (Fsp3) is 0.310. The van der Waals surface area contributed by atoms with Crippen LogP contribution in [0.4, 0.5) is 0 Å². The van der Waals surface area contributed by atoms with Crippen LogP contribution in [0.1, 0.15) is 94.6 Å². The second-order valence-electron chi connectivity index (χ2n) is 13.9. The second-order valence-corrected chi connectivity index (χ2v) is 16.1. The topological polar surface area (TPSA) is 17.1 Å². The molecule has 0 saturated carbocycles. The van der Waals surface area contributed by atoms with Crippen molar-refractivity contribution in [2.24, 2.45) is 0 Å². The molecule has 7 rings (SSSR count). The van der Waals surface area contributed by atoms with Crippen LogP contribution < -0.4 is 0 Å². The van der Waals surface area contributed by atoms with E-state index in [1.165, 1.54) is 111 Å². The predicted molar refractivity (Wildman–Crippen MR) is 192 cm³/mol. The molecular formula is C42H44OS. The van der Waals surface area contributed by atoms with Gasteiger partial charge < -0.3 is 0 Å². The standard InChI is InChI=1S/C42H44OS/c1-20-21(2)27(8)37-36(26(20)7)38-28(9)22(3)24(5)30(11)40(38)42(41-31(12)25(6)23(4)29(10)39(37)41)16-14-32-18-33-15-17-44(13,43)35(33)19-34(32)42/h14-19H,13H2,1-12H3. The van der Waals surface area contributed by atoms with Crippen LogP contribution in [0.2, 0.25) is 0 Å². The maximum absolute atomic E-state index is 13.8. The first kappa shape index (κ1) is 29.1. The minimum atomic E-state index is -2.50. The summed E-state index contributed by atoms with van der Waals surface area (Å²) in [5.74, 6) is 4.19. The highest BCUT2D eigenvalue weighted by Gasteiger charge is 2.48. The van der Waals surface area contributed by atoms with Crippen LogP contribution in [0.3, 0.4) is 0 Å². The first-order valence-electron chi connectivity index (χ1n) is 15.8. The van der Waals surface area contributed by atoms with Crippen LogP contribution in [0.5, 0.6) is 0 Å². The summed E-state index contributed by atoms with van der Waals surface area (Å²) in [6.45, 7) is 27.8. The van der Waals surface area contributed by atoms with Gasteiger partial charge in [0.2, 0.25) is 0 Å². The van der Waals surface area contributed by atoms with E-state index in [9.17, 15) is 4.21 Å². The van der Waals surface area contributed by atoms with Gasteiger partial charge in [0.25, 0.3) is 0 Å². The summed E-state index contributed by atoms with van der Waals surface area (Å²) in [6.07, 6.45) is 6.82. The molecule has 0 radical (unpaired) electrons. The fourth-order valence-electron chi connectivity index (χ4n) is 8.82. The van der Waals surface area contributed by atoms with Crippen molar-refractivity contribution in [1.82, 2.24) is 0 Å². The smallest absolute Gasteiger partial charge is 0.0659 e. The predicted octanol–water partition coefficient (Wildman–Crippen LogP) is 10.5. The first-order chi connectivity index (χ1) is 20.6. The maximum atomic E-state index is 13.8. The molecular weight excluding hydrogens is 553 g/mol. The normalized spacial score (nSPS) is 18.3. The summed E-state index contributed by atoms with van der Waals surface area (Å²) in [7, 11) is -2.50. The molecule has 1 spiro atoms. The van der Waals surface area contributed by atoms with Crippen LogP contribution in [-0.4, -0.2) is 10.1 Å². The molecule has 0 N–H and O–H groups in total. The molecule has 0 bridgehead atoms. The molecule has 0 aromatic heterocycles. The molecule has 0 saturated heterocycles. The van der Waals surface area contributed by atoms with Gasteiger partial charge in [-0.25, -0.2) is 0 Å². The van der Waals surface area contributed by atoms with E-state index in [0.717, 1.165) is 10.5 Å². The zero-order valence-electron chi connectivity index (χ0n) is 28.5. The van der Waals surface area contributed by atoms with Gasteiger partial charge in [0.1, 0.15) is 0 Å². The van der Waals surface area contributed by atoms with E-state index < -0.39 is 14.9 Å². The number of rotatable bonds is 0. The van der Waals surface area contributed by atoms with E-state index in [4.69, 9.17) is 0 Å². The number of hydrogen-bond acceptors (Lipinski definition) is 1. The highest BCUT2D eigenvalue weighted by Crippen LogP contribution is 2.61. The average Bonchev–Trinajstić information content (AvgIpc) is 3.46. The van der Waals surface area contributed by atoms with Crippen LogP contribution in [-0.2, 0) is 14.9 Å². The summed E-state index contributed by atoms with van der Waals surface area (Å²) >= 11 is 0. The number of fused-ring (bicyclic) bond motifs is 10. The van der Waals surface area contributed by atoms with Crippen molar-refractivity contribution in [3.8, 4) is 22.3 Å². The van der Waals surface area contributed by atoms with Crippen molar-refractivity contribution in [1.29, 1.82) is 0 Å². The monoisotopic (exact) mass is 596 g/mol. The Morgan fingerprint density at radius 1 is 0.500 bits per heavy atom. The van der Waals surface area contributed by atoms with Crippen molar-refractivity contribution in [3.63, 3.8) is 0 Å². The van der Waals surface area contributed by atoms with E-state index in [1.807, 2.05) is 6.08 Å². The van der Waals surface area contributed by atoms with Crippen molar-refractivity contribution < 1.29 is 4.21 Å². The van der Waals surface area contributed by atoms with Crippen molar-refractivity contribution in [2.45, 2.75) is 93.4 Å². The third-order valence-corrected chi connectivity index (χ3v) is 14.0. The second kappa shape index (κ2) is 8.98. The van der Waals surface area contributed by atoms with E-state index in [0.29, 0.717) is 0 Å². The van der Waals surface area contributed by atoms with Crippen LogP contribution in [0.25, 0.3) is 34.4 Å². The lowest BCUT2D eigenvalue weighted by Gasteiger charge is -2.38. The zero-order valence-corrected chi connectivity index (χ0v) is 29.3. The number of allylic oxidation sites excluding steroid dienone is 1. The third-order valence-electron chi connectivity index (χ3n) is 12.3. The fourth-order valence-corrected chi connectivity index (χ4v) is 10.2. The van der Waals surface area contributed by atoms with Gasteiger partial charge >= 0.3 is 0 Å². The van der Waals surface area contributed by atoms with Gasteiger partial charge in [-0.05, 0) is 229 Å². The van der Waals surface area contributed by atoms with E-state index in [2.05, 4.69) is 113 Å². The van der Waals surface area contributed by atoms with Crippen LogP contribution in [0, 0.1) is 83.1 Å². The van der Waals surface area contributed by atoms with Gasteiger partial charge in [0.15, 0.2) is 0 Å². The summed E-state index contributed by atoms with van der Waals surface area (Å²) in [4.78, 5) is 0.861. The molecule has 4 aromatic rings. The van der Waals surface area contributed by atoms with Crippen LogP contribution in [0.15, 0.2) is 28.5 Å². The molecule has 1 unspecified atom stereocenters. The quantitative estimate of drug-likeness (QED) is 0.185. The minimum absolute atomic E-state index is 0.548. The summed E-state index contributed by atoms with van der Waals surface area (Å²) in [5.41, 5.74) is 27.5. The molecule has 1 aliphatic heterocycles. The van der Waals surface area contributed by atoms with Gasteiger partial charge in [-0.3, -0.25) is 4.21 Å². The summed E-state index contributed by atoms with van der Waals surface area (Å²) in [6, 6.07) is 4.51. The lowest BCUT2D eigenvalue weighted by atomic mass is 9.64. The summed E-state index contributed by atoms with van der Waals surface area (Å²) < 4.78 is 13.8. The van der Waals surface area contributed by atoms with Crippen molar-refractivity contribution in [3.05, 3.63) is 118 Å². The minimum Gasteiger partial charge on any atom is -0.259 e. The van der Waals surface area contributed by atoms with Crippen molar-refractivity contribution in [2.75, 3.05) is 0 Å². The lowest BCUT2D eigenvalue weighted by Crippen LogP contribution is -2.30. The molecule has 2 aliphatic carbocycles. The van der Waals surface area contributed by atoms with Crippen molar-refractivity contribution >= 4 is 27.5 Å². The van der Waals surface area contributed by atoms with E-state index in [-0.39, 0.29) is 0 Å². The van der Waals surface area contributed by atoms with Gasteiger partial charge in [0, 0.05) is 14.4 Å². The maximum Gasteiger partial charge on any atom is 0.0659 e. The Bertz CT molecular complexity index is 2130. The molecule has 2 heteroatoms. The SMILES string of the molecule is C=S1(=O)C=Cc2cc3c(cc21)C1(C=C3)c2c(C)c(C)c(C)c(C)c2-c2c(C)c(C)c(C)c(C)c2-c2c(C)c(C)c(C)c(C)c21. The summed E-state index contributed by atoms with van der Waals surface area (Å²) in [5, 5.41) is 1.80. The highest BCUT2D eigenvalue weighted by molar-refractivity contribution is 8.03. The lowest BCUT2D eigenvalue weighted by molar-refractivity contribution is 0.686. The molecule has 0 fully saturated rings. The average molecular weight is 597 g/mol. The molecule has 1 atom stereocenters. The van der Waals surface area contributed by atoms with E-state index in [1.54, 1.807) is 5.41 Å². The van der Waals surface area contributed by atoms with Gasteiger partial charge in [-0.2, -0.15) is 0 Å². The number of hydrogen-bond donors (Lipinski definition) is 0. The Labute approximate surface area is 264 Å². The highest BCUT2D eigenvalue weighted by atomic mass is 32.2. The Morgan fingerprint density at radius 2 is 0.909 bits per heavy atom. The Hall–Kier alpha value is -3.62. The Morgan fingerprint density at radius 3 is 1.36 bits per heavy atom. The molecule has 1 heterocycles. The van der Waals surface area contributed by atoms with Gasteiger partial charge in [-0.1, -0.05) is 12.2 Å². The Balaban J connectivity index is 1.86. The van der Waals surface area contributed by atoms with E-state index >= 15 is 0 Å². The third kappa shape index (κ3) is 3.25. The molecule has 44 heavy (non-hydrogen) atoms. The molecule has 3 aliphatic rings. The molecule has 4 aromatic carbocycles. The molecule has 0 amide bonds. The first-order valence-corrected chi connectivity index (χ1v) is 17.6. The zero-order chi connectivity index (χ0) is 31.9. The van der Waals surface area contributed by atoms with Gasteiger partial charge in [-0.15, -0.1) is 0 Å². The van der Waals surface area contributed by atoms with Crippen LogP contribution >= 0.6 is 0 Å². The molecule has 224 valence electrons. The molecule has 1 nitrogen and oxygen atoms in total. The Kier molecular flexibility index (Phi) is 5.94. The largest absolute Gasteiger partial charge is 0.259 e. The number of benzene rings is 4. The van der Waals surface area contributed by atoms with Gasteiger partial charge in [0.05, 0.1) is 5.41 Å².